The first-order valence-corrected chi connectivity index (χ1v) is 8.59. The van der Waals surface area contributed by atoms with Crippen LogP contribution in [0, 0.1) is 0 Å². The van der Waals surface area contributed by atoms with Gasteiger partial charge in [0.2, 0.25) is 0 Å². The summed E-state index contributed by atoms with van der Waals surface area (Å²) in [6.45, 7) is 2.24. The number of carbonyl (C=O) groups is 1. The summed E-state index contributed by atoms with van der Waals surface area (Å²) in [4.78, 5) is 10.3. The zero-order valence-corrected chi connectivity index (χ0v) is 14.0. The van der Waals surface area contributed by atoms with Gasteiger partial charge in [0.25, 0.3) is 0 Å². The molecule has 22 heavy (non-hydrogen) atoms. The fourth-order valence-electron chi connectivity index (χ4n) is 1.94. The first-order chi connectivity index (χ1) is 10.8. The number of carboxylic acids is 1. The van der Waals surface area contributed by atoms with Crippen molar-refractivity contribution in [1.29, 1.82) is 0 Å². The number of hydrogen-bond donors (Lipinski definition) is 1. The Kier molecular flexibility index (Phi) is 16.2. The highest BCUT2D eigenvalue weighted by atomic mass is 16.4. The number of hydrogen-bond acceptors (Lipinski definition) is 1. The quantitative estimate of drug-likeness (QED) is 0.305. The Balaban J connectivity index is 3.40. The molecule has 0 aliphatic carbocycles. The zero-order valence-electron chi connectivity index (χ0n) is 14.0. The van der Waals surface area contributed by atoms with Gasteiger partial charge in [-0.3, -0.25) is 4.79 Å². The smallest absolute Gasteiger partial charge is 0.303 e. The third-order valence-corrected chi connectivity index (χ3v) is 3.23. The van der Waals surface area contributed by atoms with Crippen LogP contribution < -0.4 is 0 Å². The third-order valence-electron chi connectivity index (χ3n) is 3.23. The third kappa shape index (κ3) is 18.4. The van der Waals surface area contributed by atoms with E-state index in [1.165, 1.54) is 32.1 Å². The Morgan fingerprint density at radius 1 is 0.727 bits per heavy atom. The van der Waals surface area contributed by atoms with Crippen LogP contribution in [-0.2, 0) is 4.79 Å². The van der Waals surface area contributed by atoms with E-state index in [0.717, 1.165) is 19.3 Å². The highest BCUT2D eigenvalue weighted by Crippen LogP contribution is 2.03. The first kappa shape index (κ1) is 20.4. The molecule has 0 saturated carbocycles. The van der Waals surface area contributed by atoms with Crippen LogP contribution in [0.3, 0.4) is 0 Å². The average molecular weight is 304 g/mol. The molecule has 0 heterocycles. The predicted octanol–water partition coefficient (Wildman–Crippen LogP) is 6.22. The van der Waals surface area contributed by atoms with Crippen molar-refractivity contribution in [3.8, 4) is 0 Å². The van der Waals surface area contributed by atoms with Gasteiger partial charge in [0, 0.05) is 6.42 Å². The minimum Gasteiger partial charge on any atom is -0.481 e. The van der Waals surface area contributed by atoms with E-state index in [0.29, 0.717) is 6.42 Å². The molecule has 2 heteroatoms. The second kappa shape index (κ2) is 17.5. The molecular weight excluding hydrogens is 272 g/mol. The number of rotatable bonds is 14. The van der Waals surface area contributed by atoms with E-state index in [1.54, 1.807) is 0 Å². The molecule has 0 radical (unpaired) electrons. The molecule has 0 unspecified atom stereocenters. The molecule has 0 bridgehead atoms. The molecule has 0 rings (SSSR count). The summed E-state index contributed by atoms with van der Waals surface area (Å²) in [7, 11) is 0. The second-order valence-electron chi connectivity index (χ2n) is 5.37. The zero-order chi connectivity index (χ0) is 16.3. The van der Waals surface area contributed by atoms with Crippen LogP contribution in [0.15, 0.2) is 48.6 Å². The summed E-state index contributed by atoms with van der Waals surface area (Å²) in [6.07, 6.45) is 27.4. The van der Waals surface area contributed by atoms with Gasteiger partial charge in [-0.25, -0.2) is 0 Å². The Morgan fingerprint density at radius 2 is 1.23 bits per heavy atom. The normalized spacial score (nSPS) is 12.4. The summed E-state index contributed by atoms with van der Waals surface area (Å²) in [6, 6.07) is 0. The highest BCUT2D eigenvalue weighted by molar-refractivity contribution is 5.66. The molecule has 0 spiro atoms. The minimum absolute atomic E-state index is 0.217. The molecule has 0 atom stereocenters. The van der Waals surface area contributed by atoms with E-state index in [2.05, 4.69) is 43.4 Å². The molecule has 0 aromatic carbocycles. The number of allylic oxidation sites excluding steroid dienone is 8. The van der Waals surface area contributed by atoms with Crippen LogP contribution in [0.5, 0.6) is 0 Å². The number of aliphatic carboxylic acids is 1. The van der Waals surface area contributed by atoms with Gasteiger partial charge in [-0.05, 0) is 38.5 Å². The molecular formula is C20H32O2. The van der Waals surface area contributed by atoms with E-state index in [9.17, 15) is 4.79 Å². The van der Waals surface area contributed by atoms with Crippen molar-refractivity contribution in [3.05, 3.63) is 48.6 Å². The van der Waals surface area contributed by atoms with E-state index in [1.807, 2.05) is 12.2 Å². The lowest BCUT2D eigenvalue weighted by Gasteiger charge is -1.93. The van der Waals surface area contributed by atoms with Crippen LogP contribution in [-0.4, -0.2) is 11.1 Å². The van der Waals surface area contributed by atoms with Gasteiger partial charge in [-0.2, -0.15) is 0 Å². The topological polar surface area (TPSA) is 37.3 Å². The maximum atomic E-state index is 10.3. The van der Waals surface area contributed by atoms with Crippen molar-refractivity contribution < 1.29 is 9.90 Å². The summed E-state index contributed by atoms with van der Waals surface area (Å²) in [5.74, 6) is -0.736. The van der Waals surface area contributed by atoms with Gasteiger partial charge in [0.1, 0.15) is 0 Å². The van der Waals surface area contributed by atoms with Crippen LogP contribution >= 0.6 is 0 Å². The van der Waals surface area contributed by atoms with Gasteiger partial charge >= 0.3 is 5.97 Å². The van der Waals surface area contributed by atoms with Gasteiger partial charge in [0.05, 0.1) is 0 Å². The van der Waals surface area contributed by atoms with Crippen molar-refractivity contribution in [3.63, 3.8) is 0 Å². The van der Waals surface area contributed by atoms with E-state index in [-0.39, 0.29) is 6.42 Å². The summed E-state index contributed by atoms with van der Waals surface area (Å²) in [5.41, 5.74) is 0. The van der Waals surface area contributed by atoms with Crippen molar-refractivity contribution in [2.75, 3.05) is 0 Å². The van der Waals surface area contributed by atoms with Crippen LogP contribution in [0.1, 0.15) is 71.1 Å². The van der Waals surface area contributed by atoms with Crippen LogP contribution in [0.25, 0.3) is 0 Å². The van der Waals surface area contributed by atoms with Gasteiger partial charge in [0.15, 0.2) is 0 Å². The molecule has 0 aromatic heterocycles. The van der Waals surface area contributed by atoms with E-state index < -0.39 is 5.97 Å². The van der Waals surface area contributed by atoms with Gasteiger partial charge < -0.3 is 5.11 Å². The molecule has 0 saturated heterocycles. The van der Waals surface area contributed by atoms with Crippen molar-refractivity contribution in [1.82, 2.24) is 0 Å². The molecule has 124 valence electrons. The van der Waals surface area contributed by atoms with Gasteiger partial charge in [-0.1, -0.05) is 74.8 Å². The SMILES string of the molecule is CCCCCCC=CCC=CCC=CCC=CCCC(=O)O. The lowest BCUT2D eigenvalue weighted by molar-refractivity contribution is -0.136. The average Bonchev–Trinajstić information content (AvgIpc) is 2.50. The molecule has 0 aliphatic rings. The fourth-order valence-corrected chi connectivity index (χ4v) is 1.94. The van der Waals surface area contributed by atoms with Crippen molar-refractivity contribution in [2.45, 2.75) is 71.1 Å². The maximum Gasteiger partial charge on any atom is 0.303 e. The van der Waals surface area contributed by atoms with E-state index in [4.69, 9.17) is 5.11 Å². The minimum atomic E-state index is -0.736. The molecule has 0 fully saturated rings. The Hall–Kier alpha value is -1.57. The lowest BCUT2D eigenvalue weighted by Crippen LogP contribution is -1.91. The van der Waals surface area contributed by atoms with Crippen molar-refractivity contribution in [2.24, 2.45) is 0 Å². The number of unbranched alkanes of at least 4 members (excludes halogenated alkanes) is 4. The molecule has 1 N–H and O–H groups in total. The highest BCUT2D eigenvalue weighted by Gasteiger charge is 1.90. The fraction of sp³-hybridized carbons (Fsp3) is 0.550. The monoisotopic (exact) mass is 304 g/mol. The number of carboxylic acid groups (broad SMARTS) is 1. The standard InChI is InChI=1S/C20H32O2/c1-2-3-4-5-6-7-8-9-10-11-12-13-14-15-16-17-18-19-20(21)22/h7-8,10-11,13-14,16-17H,2-6,9,12,15,18-19H2,1H3,(H,21,22). The predicted molar refractivity (Wildman–Crippen MR) is 96.0 cm³/mol. The van der Waals surface area contributed by atoms with Crippen molar-refractivity contribution >= 4 is 5.97 Å². The first-order valence-electron chi connectivity index (χ1n) is 8.59. The summed E-state index contributed by atoms with van der Waals surface area (Å²) in [5, 5.41) is 8.48. The Labute approximate surface area is 136 Å². The van der Waals surface area contributed by atoms with Crippen LogP contribution in [0.2, 0.25) is 0 Å². The van der Waals surface area contributed by atoms with Gasteiger partial charge in [-0.15, -0.1) is 0 Å². The molecule has 2 nitrogen and oxygen atoms in total. The summed E-state index contributed by atoms with van der Waals surface area (Å²) >= 11 is 0. The molecule has 0 amide bonds. The van der Waals surface area contributed by atoms with Crippen LogP contribution in [0.4, 0.5) is 0 Å². The second-order valence-corrected chi connectivity index (χ2v) is 5.37. The Bertz CT molecular complexity index is 362. The largest absolute Gasteiger partial charge is 0.481 e. The lowest BCUT2D eigenvalue weighted by atomic mass is 10.1. The summed E-state index contributed by atoms with van der Waals surface area (Å²) < 4.78 is 0. The Morgan fingerprint density at radius 3 is 1.73 bits per heavy atom. The van der Waals surface area contributed by atoms with E-state index >= 15 is 0 Å². The molecule has 0 aliphatic heterocycles. The maximum absolute atomic E-state index is 10.3. The molecule has 0 aromatic rings.